The fourth-order valence-electron chi connectivity index (χ4n) is 6.84. The van der Waals surface area contributed by atoms with Crippen LogP contribution in [0.4, 0.5) is 10.1 Å². The largest absolute Gasteiger partial charge is 0.491 e. The molecule has 6 nitrogen and oxygen atoms in total. The zero-order valence-corrected chi connectivity index (χ0v) is 28.9. The molecule has 44 heavy (non-hydrogen) atoms. The number of fused-ring (bicyclic) bond motifs is 7. The minimum atomic E-state index is -1.52. The SMILES string of the molecule is CCCc1c(C2COc3ccc4cc3N(CCC(CC)C(OCCBr)C3=C[C@@H](C3)CC(C)S(=O)NC4=O)C2)ccc(Cl)c1F. The summed E-state index contributed by atoms with van der Waals surface area (Å²) in [5.41, 5.74) is 4.12. The summed E-state index contributed by atoms with van der Waals surface area (Å²) in [5, 5.41) is 0.720. The number of ether oxygens (including phenoxy) is 2. The Morgan fingerprint density at radius 2 is 2.05 bits per heavy atom. The van der Waals surface area contributed by atoms with Crippen molar-refractivity contribution in [3.63, 3.8) is 0 Å². The summed E-state index contributed by atoms with van der Waals surface area (Å²) in [4.78, 5) is 15.6. The number of benzene rings is 2. The van der Waals surface area contributed by atoms with E-state index in [-0.39, 0.29) is 34.0 Å². The molecule has 1 N–H and O–H groups in total. The smallest absolute Gasteiger partial charge is 0.263 e. The van der Waals surface area contributed by atoms with Crippen LogP contribution >= 0.6 is 27.5 Å². The second-order valence-electron chi connectivity index (χ2n) is 12.2. The Kier molecular flexibility index (Phi) is 11.5. The molecule has 0 fully saturated rings. The fourth-order valence-corrected chi connectivity index (χ4v) is 8.12. The molecular formula is C34H43BrClFN2O4S. The average molecular weight is 710 g/mol. The Morgan fingerprint density at radius 3 is 2.77 bits per heavy atom. The zero-order chi connectivity index (χ0) is 31.4. The first-order valence-electron chi connectivity index (χ1n) is 15.8. The van der Waals surface area contributed by atoms with E-state index in [1.165, 1.54) is 5.57 Å². The topological polar surface area (TPSA) is 67.9 Å². The number of amides is 1. The molecular weight excluding hydrogens is 667 g/mol. The highest BCUT2D eigenvalue weighted by Gasteiger charge is 2.35. The minimum Gasteiger partial charge on any atom is -0.491 e. The molecule has 0 aromatic heterocycles. The number of anilines is 1. The summed E-state index contributed by atoms with van der Waals surface area (Å²) in [5.74, 6) is 0.468. The normalized spacial score (nSPS) is 27.5. The van der Waals surface area contributed by atoms with Crippen molar-refractivity contribution in [3.8, 4) is 5.75 Å². The molecule has 10 heteroatoms. The first-order chi connectivity index (χ1) is 21.2. The first kappa shape index (κ1) is 33.4. The van der Waals surface area contributed by atoms with E-state index in [0.717, 1.165) is 48.7 Å². The van der Waals surface area contributed by atoms with Crippen LogP contribution in [-0.4, -0.2) is 53.1 Å². The van der Waals surface area contributed by atoms with Crippen LogP contribution in [-0.2, 0) is 22.1 Å². The third-order valence-corrected chi connectivity index (χ3v) is 11.1. The van der Waals surface area contributed by atoms with Gasteiger partial charge in [-0.2, -0.15) is 0 Å². The van der Waals surface area contributed by atoms with Crippen molar-refractivity contribution >= 4 is 50.1 Å². The second kappa shape index (κ2) is 15.1. The van der Waals surface area contributed by atoms with E-state index in [2.05, 4.69) is 38.6 Å². The molecule has 0 radical (unpaired) electrons. The quantitative estimate of drug-likeness (QED) is 0.235. The van der Waals surface area contributed by atoms with Crippen molar-refractivity contribution in [1.29, 1.82) is 0 Å². The maximum Gasteiger partial charge on any atom is 0.263 e. The number of allylic oxidation sites excluding steroid dienone is 1. The van der Waals surface area contributed by atoms with E-state index in [9.17, 15) is 9.00 Å². The summed E-state index contributed by atoms with van der Waals surface area (Å²) < 4.78 is 44.0. The van der Waals surface area contributed by atoms with Gasteiger partial charge >= 0.3 is 0 Å². The third-order valence-electron chi connectivity index (χ3n) is 9.22. The number of carbonyl (C=O) groups excluding carboxylic acids is 1. The molecule has 0 saturated heterocycles. The Morgan fingerprint density at radius 1 is 1.25 bits per heavy atom. The lowest BCUT2D eigenvalue weighted by atomic mass is 9.76. The first-order valence-corrected chi connectivity index (χ1v) is 18.5. The molecule has 4 aliphatic rings. The third kappa shape index (κ3) is 7.37. The average Bonchev–Trinajstić information content (AvgIpc) is 3.17. The van der Waals surface area contributed by atoms with Crippen molar-refractivity contribution < 1.29 is 22.9 Å². The Hall–Kier alpha value is -1.94. The van der Waals surface area contributed by atoms with Crippen LogP contribution < -0.4 is 14.4 Å². The molecule has 3 heterocycles. The summed E-state index contributed by atoms with van der Waals surface area (Å²) in [7, 11) is -1.52. The standard InChI is InChI=1S/C34H43BrClFN2O4S/c1-4-6-28-27(8-9-29(36)32(28)37)26-19-39-13-11-23(5-2)33(42-14-12-35)25-16-22(17-25)15-21(3)44(41)38-34(40)24-7-10-31(43-20-26)30(39)18-24/h7-10,16,18,21-23,26,33H,4-6,11-15,17,19-20H2,1-3H3,(H,38,40)/t21?,22-,23?,26?,33?,44?/m0/s1. The maximum absolute atomic E-state index is 15.3. The van der Waals surface area contributed by atoms with Gasteiger partial charge in [-0.05, 0) is 85.4 Å². The van der Waals surface area contributed by atoms with Crippen molar-refractivity contribution in [2.75, 3.05) is 36.5 Å². The number of carbonyl (C=O) groups is 1. The van der Waals surface area contributed by atoms with E-state index < -0.39 is 11.0 Å². The minimum absolute atomic E-state index is 0.0218. The van der Waals surface area contributed by atoms with E-state index in [1.807, 2.05) is 32.0 Å². The highest BCUT2D eigenvalue weighted by atomic mass is 79.9. The lowest BCUT2D eigenvalue weighted by Crippen LogP contribution is -2.38. The van der Waals surface area contributed by atoms with Crippen molar-refractivity contribution in [2.24, 2.45) is 11.8 Å². The van der Waals surface area contributed by atoms with Crippen LogP contribution in [0.15, 0.2) is 42.0 Å². The van der Waals surface area contributed by atoms with Gasteiger partial charge in [0.2, 0.25) is 0 Å². The number of hydrogen-bond acceptors (Lipinski definition) is 5. The van der Waals surface area contributed by atoms with E-state index >= 15 is 4.39 Å². The van der Waals surface area contributed by atoms with Crippen LogP contribution in [0, 0.1) is 17.7 Å². The van der Waals surface area contributed by atoms with Crippen molar-refractivity contribution in [2.45, 2.75) is 76.6 Å². The van der Waals surface area contributed by atoms with Crippen LogP contribution in [0.1, 0.15) is 80.3 Å². The molecule has 6 atom stereocenters. The fraction of sp³-hybridized carbons (Fsp3) is 0.559. The van der Waals surface area contributed by atoms with Gasteiger partial charge in [0.15, 0.2) is 0 Å². The molecule has 0 saturated carbocycles. The van der Waals surface area contributed by atoms with Gasteiger partial charge in [0.05, 0.1) is 35.3 Å². The van der Waals surface area contributed by atoms with Crippen LogP contribution in [0.5, 0.6) is 5.75 Å². The number of hydrogen-bond donors (Lipinski definition) is 1. The molecule has 1 amide bonds. The molecule has 5 unspecified atom stereocenters. The van der Waals surface area contributed by atoms with E-state index in [0.29, 0.717) is 61.4 Å². The van der Waals surface area contributed by atoms with Crippen LogP contribution in [0.25, 0.3) is 0 Å². The van der Waals surface area contributed by atoms with Gasteiger partial charge in [-0.15, -0.1) is 0 Å². The second-order valence-corrected chi connectivity index (χ2v) is 15.0. The summed E-state index contributed by atoms with van der Waals surface area (Å²) in [6, 6.07) is 8.96. The number of halogens is 3. The Bertz CT molecular complexity index is 1410. The molecule has 6 rings (SSSR count). The van der Waals surface area contributed by atoms with E-state index in [4.69, 9.17) is 21.1 Å². The summed E-state index contributed by atoms with van der Waals surface area (Å²) in [6.07, 6.45) is 7.21. The predicted molar refractivity (Wildman–Crippen MR) is 180 cm³/mol. The lowest BCUT2D eigenvalue weighted by molar-refractivity contribution is 0.0360. The van der Waals surface area contributed by atoms with Crippen molar-refractivity contribution in [1.82, 2.24) is 4.72 Å². The van der Waals surface area contributed by atoms with E-state index in [1.54, 1.807) is 12.1 Å². The van der Waals surface area contributed by atoms with Gasteiger partial charge < -0.3 is 14.4 Å². The van der Waals surface area contributed by atoms with Gasteiger partial charge in [0, 0.05) is 29.9 Å². The number of nitrogens with zero attached hydrogens (tertiary/aromatic N) is 1. The van der Waals surface area contributed by atoms with Crippen LogP contribution in [0.2, 0.25) is 5.02 Å². The molecule has 4 bridgehead atoms. The van der Waals surface area contributed by atoms with Gasteiger partial charge in [-0.25, -0.2) is 8.60 Å². The molecule has 1 aliphatic carbocycles. The number of nitrogens with one attached hydrogen (secondary N) is 1. The highest BCUT2D eigenvalue weighted by Crippen LogP contribution is 2.41. The van der Waals surface area contributed by atoms with Gasteiger partial charge in [0.25, 0.3) is 5.91 Å². The molecule has 2 aromatic rings. The van der Waals surface area contributed by atoms with Gasteiger partial charge in [-0.1, -0.05) is 66.4 Å². The van der Waals surface area contributed by atoms with Gasteiger partial charge in [0.1, 0.15) is 22.6 Å². The molecule has 3 aliphatic heterocycles. The summed E-state index contributed by atoms with van der Waals surface area (Å²) >= 11 is 9.74. The summed E-state index contributed by atoms with van der Waals surface area (Å²) in [6.45, 7) is 8.48. The molecule has 0 spiro atoms. The van der Waals surface area contributed by atoms with Crippen molar-refractivity contribution in [3.05, 3.63) is 69.5 Å². The Labute approximate surface area is 276 Å². The molecule has 2 aromatic carbocycles. The number of rotatable bonds is 7. The monoisotopic (exact) mass is 708 g/mol. The predicted octanol–water partition coefficient (Wildman–Crippen LogP) is 7.74. The maximum atomic E-state index is 15.3. The van der Waals surface area contributed by atoms with Crippen LogP contribution in [0.3, 0.4) is 0 Å². The lowest BCUT2D eigenvalue weighted by Gasteiger charge is -2.37. The highest BCUT2D eigenvalue weighted by molar-refractivity contribution is 9.09. The zero-order valence-electron chi connectivity index (χ0n) is 25.8. The Balaban J connectivity index is 1.53. The molecule has 240 valence electrons. The van der Waals surface area contributed by atoms with Gasteiger partial charge in [-0.3, -0.25) is 9.52 Å². The number of alkyl halides is 1.